The van der Waals surface area contributed by atoms with E-state index in [0.717, 1.165) is 4.90 Å². The number of benzene rings is 1. The summed E-state index contributed by atoms with van der Waals surface area (Å²) in [5, 5.41) is 13.8. The van der Waals surface area contributed by atoms with Crippen molar-refractivity contribution in [2.75, 3.05) is 36.6 Å². The number of nitrogens with one attached hydrogen (secondary N) is 2. The van der Waals surface area contributed by atoms with Gasteiger partial charge in [0.05, 0.1) is 30.4 Å². The first-order chi connectivity index (χ1) is 18.2. The summed E-state index contributed by atoms with van der Waals surface area (Å²) in [5.41, 5.74) is 0.517. The molecule has 1 aliphatic heterocycles. The van der Waals surface area contributed by atoms with Crippen LogP contribution in [0, 0.1) is 0 Å². The summed E-state index contributed by atoms with van der Waals surface area (Å²) in [5.74, 6) is -3.74. The Bertz CT molecular complexity index is 1130. The molecule has 2 atom stereocenters. The van der Waals surface area contributed by atoms with Crippen molar-refractivity contribution in [1.82, 2.24) is 10.6 Å². The third-order valence-corrected chi connectivity index (χ3v) is 5.30. The van der Waals surface area contributed by atoms with Crippen LogP contribution in [0.4, 0.5) is 11.4 Å². The summed E-state index contributed by atoms with van der Waals surface area (Å²) in [7, 11) is 1.34. The highest BCUT2D eigenvalue weighted by atomic mass is 16.5. The van der Waals surface area contributed by atoms with Crippen molar-refractivity contribution in [2.45, 2.75) is 24.9 Å². The van der Waals surface area contributed by atoms with Crippen LogP contribution in [-0.4, -0.2) is 79.9 Å². The van der Waals surface area contributed by atoms with Crippen LogP contribution in [0.5, 0.6) is 0 Å². The maximum Gasteiger partial charge on any atom is 0.305 e. The normalized spacial score (nSPS) is 16.0. The Hall–Kier alpha value is -4.58. The van der Waals surface area contributed by atoms with Crippen molar-refractivity contribution >= 4 is 47.3 Å². The monoisotopic (exact) mass is 526 g/mol. The van der Waals surface area contributed by atoms with Crippen LogP contribution in [0.3, 0.4) is 0 Å². The van der Waals surface area contributed by atoms with Crippen molar-refractivity contribution in [1.29, 1.82) is 0 Å². The van der Waals surface area contributed by atoms with Gasteiger partial charge in [-0.15, -0.1) is 0 Å². The van der Waals surface area contributed by atoms with Crippen molar-refractivity contribution in [3.63, 3.8) is 0 Å². The average molecular weight is 527 g/mol. The topological polar surface area (TPSA) is 162 Å². The number of allylic oxidation sites excluding steroid dienone is 4. The molecule has 202 valence electrons. The molecule has 1 aromatic carbocycles. The zero-order valence-corrected chi connectivity index (χ0v) is 20.9. The third kappa shape index (κ3) is 8.52. The molecule has 3 N–H and O–H groups in total. The summed E-state index contributed by atoms with van der Waals surface area (Å²) in [6.07, 6.45) is 7.74. The van der Waals surface area contributed by atoms with Crippen molar-refractivity contribution in [2.24, 2.45) is 0 Å². The Labute approximate surface area is 219 Å². The number of carboxylic acid groups (broad SMARTS) is 1. The van der Waals surface area contributed by atoms with E-state index in [2.05, 4.69) is 17.2 Å². The number of amides is 4. The quantitative estimate of drug-likeness (QED) is 0.245. The van der Waals surface area contributed by atoms with E-state index in [1.807, 2.05) is 0 Å². The lowest BCUT2D eigenvalue weighted by Crippen LogP contribution is -2.55. The minimum absolute atomic E-state index is 0.0546. The minimum Gasteiger partial charge on any atom is -0.481 e. The number of fused-ring (bicyclic) bond motifs is 1. The molecule has 12 nitrogen and oxygen atoms in total. The minimum atomic E-state index is -1.30. The highest BCUT2D eigenvalue weighted by Gasteiger charge is 2.37. The molecule has 38 heavy (non-hydrogen) atoms. The SMILES string of the molecule is C=C/C=C\C=C/CC(=O)NC1CN(C(=O)COC)c2ccccc2N(CC(=O)NC(C=O)CC(=O)O)C1=O. The van der Waals surface area contributed by atoms with Crippen LogP contribution in [0.25, 0.3) is 0 Å². The standard InChI is InChI=1S/C26H30N4O8/c1-3-4-5-6-7-12-22(32)28-19-14-29(24(34)17-38-2)20-10-8-9-11-21(20)30(26(19)37)15-23(33)27-18(16-31)13-25(35)36/h3-11,16,18-19H,1,12-15,17H2,2H3,(H,27,33)(H,28,32)(H,35,36)/b5-4-,7-6-. The Kier molecular flexibility index (Phi) is 11.6. The Balaban J connectivity index is 2.38. The van der Waals surface area contributed by atoms with Crippen LogP contribution < -0.4 is 20.4 Å². The van der Waals surface area contributed by atoms with Gasteiger partial charge in [0.1, 0.15) is 25.5 Å². The Morgan fingerprint density at radius 2 is 1.87 bits per heavy atom. The van der Waals surface area contributed by atoms with Crippen LogP contribution in [0.2, 0.25) is 0 Å². The number of rotatable bonds is 13. The smallest absolute Gasteiger partial charge is 0.305 e. The predicted molar refractivity (Wildman–Crippen MR) is 138 cm³/mol. The van der Waals surface area contributed by atoms with Gasteiger partial charge in [0.15, 0.2) is 0 Å². The number of nitrogens with zero attached hydrogens (tertiary/aromatic N) is 2. The predicted octanol–water partition coefficient (Wildman–Crippen LogP) is 0.344. The first-order valence-corrected chi connectivity index (χ1v) is 11.6. The van der Waals surface area contributed by atoms with E-state index >= 15 is 0 Å². The van der Waals surface area contributed by atoms with Gasteiger partial charge >= 0.3 is 5.97 Å². The highest BCUT2D eigenvalue weighted by Crippen LogP contribution is 2.33. The van der Waals surface area contributed by atoms with E-state index in [1.165, 1.54) is 18.1 Å². The molecule has 1 aliphatic rings. The van der Waals surface area contributed by atoms with E-state index < -0.39 is 54.6 Å². The molecule has 0 fully saturated rings. The Morgan fingerprint density at radius 3 is 2.50 bits per heavy atom. The number of para-hydroxylation sites is 2. The second-order valence-corrected chi connectivity index (χ2v) is 8.13. The molecule has 4 amide bonds. The molecule has 0 saturated carbocycles. The number of carbonyl (C=O) groups excluding carboxylic acids is 5. The molecule has 2 unspecified atom stereocenters. The lowest BCUT2D eigenvalue weighted by molar-refractivity contribution is -0.139. The van der Waals surface area contributed by atoms with Crippen molar-refractivity contribution in [3.05, 3.63) is 61.2 Å². The first-order valence-electron chi connectivity index (χ1n) is 11.6. The van der Waals surface area contributed by atoms with Crippen LogP contribution in [0.1, 0.15) is 12.8 Å². The molecule has 0 saturated heterocycles. The summed E-state index contributed by atoms with van der Waals surface area (Å²) in [6.45, 7) is 2.44. The zero-order valence-electron chi connectivity index (χ0n) is 20.9. The molecular formula is C26H30N4O8. The summed E-state index contributed by atoms with van der Waals surface area (Å²) in [4.78, 5) is 76.4. The van der Waals surface area contributed by atoms with Gasteiger partial charge in [-0.3, -0.25) is 28.9 Å². The number of hydrogen-bond acceptors (Lipinski definition) is 7. The van der Waals surface area contributed by atoms with Gasteiger partial charge < -0.3 is 30.2 Å². The lowest BCUT2D eigenvalue weighted by Gasteiger charge is -2.25. The summed E-state index contributed by atoms with van der Waals surface area (Å²) >= 11 is 0. The molecular weight excluding hydrogens is 496 g/mol. The molecule has 1 heterocycles. The van der Waals surface area contributed by atoms with E-state index in [1.54, 1.807) is 48.6 Å². The molecule has 2 rings (SSSR count). The van der Waals surface area contributed by atoms with Gasteiger partial charge in [0, 0.05) is 13.5 Å². The number of carbonyl (C=O) groups is 6. The van der Waals surface area contributed by atoms with E-state index in [4.69, 9.17) is 9.84 Å². The summed E-state index contributed by atoms with van der Waals surface area (Å²) < 4.78 is 4.98. The van der Waals surface area contributed by atoms with Crippen LogP contribution in [0.15, 0.2) is 61.2 Å². The third-order valence-electron chi connectivity index (χ3n) is 5.30. The molecule has 0 aromatic heterocycles. The van der Waals surface area contributed by atoms with E-state index in [-0.39, 0.29) is 31.5 Å². The number of anilines is 2. The maximum absolute atomic E-state index is 13.6. The maximum atomic E-state index is 13.6. The first kappa shape index (κ1) is 29.6. The van der Waals surface area contributed by atoms with E-state index in [9.17, 15) is 28.8 Å². The van der Waals surface area contributed by atoms with Crippen molar-refractivity contribution in [3.8, 4) is 0 Å². The van der Waals surface area contributed by atoms with Gasteiger partial charge in [-0.25, -0.2) is 0 Å². The fourth-order valence-electron chi connectivity index (χ4n) is 3.66. The number of methoxy groups -OCH3 is 1. The zero-order chi connectivity index (χ0) is 28.1. The second-order valence-electron chi connectivity index (χ2n) is 8.13. The van der Waals surface area contributed by atoms with Gasteiger partial charge in [0.2, 0.25) is 11.8 Å². The van der Waals surface area contributed by atoms with Gasteiger partial charge in [0.25, 0.3) is 11.8 Å². The second kappa shape index (κ2) is 14.9. The van der Waals surface area contributed by atoms with Crippen LogP contribution in [-0.2, 0) is 33.5 Å². The highest BCUT2D eigenvalue weighted by molar-refractivity contribution is 6.10. The number of ether oxygens (including phenoxy) is 1. The number of aldehydes is 1. The van der Waals surface area contributed by atoms with Gasteiger partial charge in [-0.1, -0.05) is 49.1 Å². The van der Waals surface area contributed by atoms with E-state index in [0.29, 0.717) is 5.69 Å². The fourth-order valence-corrected chi connectivity index (χ4v) is 3.66. The number of hydrogen-bond donors (Lipinski definition) is 3. The molecule has 1 aromatic rings. The van der Waals surface area contributed by atoms with Gasteiger partial charge in [-0.05, 0) is 12.1 Å². The molecule has 0 bridgehead atoms. The molecule has 0 radical (unpaired) electrons. The molecule has 12 heteroatoms. The lowest BCUT2D eigenvalue weighted by atomic mass is 10.2. The fraction of sp³-hybridized carbons (Fsp3) is 0.308. The number of aliphatic carboxylic acids is 1. The largest absolute Gasteiger partial charge is 0.481 e. The summed E-state index contributed by atoms with van der Waals surface area (Å²) in [6, 6.07) is 3.84. The molecule has 0 aliphatic carbocycles. The van der Waals surface area contributed by atoms with Crippen molar-refractivity contribution < 1.29 is 38.6 Å². The number of carboxylic acids is 1. The average Bonchev–Trinajstić information content (AvgIpc) is 2.98. The Morgan fingerprint density at radius 1 is 1.16 bits per heavy atom. The molecule has 0 spiro atoms. The van der Waals surface area contributed by atoms with Crippen LogP contribution >= 0.6 is 0 Å². The van der Waals surface area contributed by atoms with Gasteiger partial charge in [-0.2, -0.15) is 0 Å².